The van der Waals surface area contributed by atoms with Crippen LogP contribution < -0.4 is 0 Å². The van der Waals surface area contributed by atoms with E-state index in [-0.39, 0.29) is 0 Å². The normalized spacial score (nSPS) is 53.2. The van der Waals surface area contributed by atoms with E-state index in [0.29, 0.717) is 0 Å². The molecule has 4 fully saturated rings. The molecule has 4 aliphatic carbocycles. The van der Waals surface area contributed by atoms with Crippen molar-refractivity contribution < 1.29 is 79.0 Å². The fourth-order valence-corrected chi connectivity index (χ4v) is 4.26. The quantitative estimate of drug-likeness (QED) is 0.418. The summed E-state index contributed by atoms with van der Waals surface area (Å²) >= 11 is 0. The molecule has 0 radical (unpaired) electrons. The lowest BCUT2D eigenvalue weighted by molar-refractivity contribution is -0.610. The van der Waals surface area contributed by atoms with Crippen LogP contribution in [0, 0.1) is 0 Å². The Balaban J connectivity index is 2.77. The van der Waals surface area contributed by atoms with Gasteiger partial charge in [0.05, 0.1) is 0 Å². The number of alkyl halides is 18. The molecule has 0 aromatic carbocycles. The average Bonchev–Trinajstić information content (AvgIpc) is 2.52. The molecule has 4 bridgehead atoms. The lowest BCUT2D eigenvalue weighted by atomic mass is 9.37. The molecule has 0 nitrogen and oxygen atoms in total. The Kier molecular flexibility index (Phi) is 3.27. The van der Waals surface area contributed by atoms with Crippen LogP contribution >= 0.6 is 0 Å². The smallest absolute Gasteiger partial charge is 0.226 e. The zero-order valence-electron chi connectivity index (χ0n) is 12.3. The summed E-state index contributed by atoms with van der Waals surface area (Å²) in [6.45, 7) is 0. The van der Waals surface area contributed by atoms with Gasteiger partial charge in [0.25, 0.3) is 17.0 Å². The van der Waals surface area contributed by atoms with Gasteiger partial charge in [0.1, 0.15) is 0 Å². The maximum absolute atomic E-state index is 14.4. The van der Waals surface area contributed by atoms with Gasteiger partial charge in [0, 0.05) is 0 Å². The van der Waals surface area contributed by atoms with E-state index in [4.69, 9.17) is 0 Å². The lowest BCUT2D eigenvalue weighted by Crippen LogP contribution is -3.10. The molecule has 0 aromatic rings. The predicted molar refractivity (Wildman–Crippen MR) is 50.0 cm³/mol. The van der Waals surface area contributed by atoms with Gasteiger partial charge in [-0.15, -0.1) is 0 Å². The second-order valence-corrected chi connectivity index (χ2v) is 6.66. The molecule has 4 rings (SSSR count). The Bertz CT molecular complexity index is 700. The first-order valence-electron chi connectivity index (χ1n) is 6.65. The number of hydrogen-bond donors (Lipinski definition) is 0. The van der Waals surface area contributed by atoms with Crippen LogP contribution in [0.5, 0.6) is 0 Å². The second kappa shape index (κ2) is 4.23. The van der Waals surface area contributed by atoms with Crippen molar-refractivity contribution in [1.29, 1.82) is 0 Å². The fraction of sp³-hybridized carbons (Fsp3) is 1.00. The summed E-state index contributed by atoms with van der Waals surface area (Å²) in [6.07, 6.45) is -8.22. The monoisotopic (exact) mass is 474 g/mol. The van der Waals surface area contributed by atoms with Crippen molar-refractivity contribution in [3.05, 3.63) is 0 Å². The molecule has 0 saturated heterocycles. The van der Waals surface area contributed by atoms with Crippen molar-refractivity contribution in [3.8, 4) is 0 Å². The van der Waals surface area contributed by atoms with E-state index in [1.165, 1.54) is 0 Å². The van der Waals surface area contributed by atoms with Crippen molar-refractivity contribution in [3.63, 3.8) is 0 Å². The minimum absolute atomic E-state index is 8.12. The van der Waals surface area contributed by atoms with Crippen LogP contribution in [0.15, 0.2) is 0 Å². The fourth-order valence-electron chi connectivity index (χ4n) is 4.26. The van der Waals surface area contributed by atoms with E-state index in [2.05, 4.69) is 0 Å². The van der Waals surface area contributed by atoms with E-state index in [9.17, 15) is 79.0 Å². The first-order valence-corrected chi connectivity index (χ1v) is 6.65. The summed E-state index contributed by atoms with van der Waals surface area (Å²) in [6, 6.07) is 0. The van der Waals surface area contributed by atoms with Gasteiger partial charge < -0.3 is 0 Å². The van der Waals surface area contributed by atoms with Crippen LogP contribution in [0.2, 0.25) is 0 Å². The topological polar surface area (TPSA) is 0 Å². The SMILES string of the molecule is FC(F)(F)C1(F)C2(F)C(F)(F)C3(F)C(F)(F)C(F)(C2(F)F)C(F)(F)C1(F)C3(F)F. The molecule has 0 heterocycles. The number of halogens is 18. The van der Waals surface area contributed by atoms with Crippen molar-refractivity contribution in [2.24, 2.45) is 0 Å². The molecular weight excluding hydrogens is 474 g/mol. The molecule has 170 valence electrons. The maximum atomic E-state index is 14.4. The first-order chi connectivity index (χ1) is 12.2. The summed E-state index contributed by atoms with van der Waals surface area (Å²) in [5, 5.41) is 0. The largest absolute Gasteiger partial charge is 0.429 e. The van der Waals surface area contributed by atoms with E-state index in [1.54, 1.807) is 0 Å². The second-order valence-electron chi connectivity index (χ2n) is 6.66. The Labute approximate surface area is 144 Å². The van der Waals surface area contributed by atoms with Crippen molar-refractivity contribution >= 4 is 0 Å². The molecule has 0 amide bonds. The standard InChI is InChI=1S/C11F18/c12-1(11(27,28)29)2(13)6(17,18)4(15)8(21,22)3(1,14)9(23,24)5(16,7(2,19)20)10(4,25)26. The summed E-state index contributed by atoms with van der Waals surface area (Å²) in [5.41, 5.74) is -41.4. The predicted octanol–water partition coefficient (Wildman–Crippen LogP) is 5.31. The van der Waals surface area contributed by atoms with Gasteiger partial charge in [-0.1, -0.05) is 0 Å². The molecule has 18 heteroatoms. The third-order valence-electron chi connectivity index (χ3n) is 5.67. The summed E-state index contributed by atoms with van der Waals surface area (Å²) in [5.74, 6) is -41.4. The molecule has 29 heavy (non-hydrogen) atoms. The maximum Gasteiger partial charge on any atom is 0.429 e. The van der Waals surface area contributed by atoms with E-state index in [1.807, 2.05) is 0 Å². The van der Waals surface area contributed by atoms with Gasteiger partial charge in [-0.25, -0.2) is 22.0 Å². The highest BCUT2D eigenvalue weighted by molar-refractivity contribution is 5.56. The third kappa shape index (κ3) is 1.22. The highest BCUT2D eigenvalue weighted by atomic mass is 19.4. The van der Waals surface area contributed by atoms with Gasteiger partial charge in [0.2, 0.25) is 0 Å². The zero-order chi connectivity index (χ0) is 23.5. The molecule has 0 spiro atoms. The zero-order valence-corrected chi connectivity index (χ0v) is 12.3. The molecule has 0 N–H and O–H groups in total. The minimum Gasteiger partial charge on any atom is -0.226 e. The van der Waals surface area contributed by atoms with E-state index in [0.717, 1.165) is 0 Å². The number of hydrogen-bond acceptors (Lipinski definition) is 0. The van der Waals surface area contributed by atoms with Gasteiger partial charge in [-0.2, -0.15) is 57.1 Å². The van der Waals surface area contributed by atoms with Crippen molar-refractivity contribution in [1.82, 2.24) is 0 Å². The minimum atomic E-state index is -8.48. The lowest BCUT2D eigenvalue weighted by Gasteiger charge is -2.74. The van der Waals surface area contributed by atoms with Crippen molar-refractivity contribution in [2.45, 2.75) is 64.1 Å². The number of rotatable bonds is 0. The van der Waals surface area contributed by atoms with Crippen LogP contribution in [0.25, 0.3) is 0 Å². The Hall–Kier alpha value is -1.26. The molecular formula is C11F18. The van der Waals surface area contributed by atoms with Crippen molar-refractivity contribution in [2.75, 3.05) is 0 Å². The highest BCUT2D eigenvalue weighted by Gasteiger charge is 3.24. The third-order valence-corrected chi connectivity index (χ3v) is 5.67. The summed E-state index contributed by atoms with van der Waals surface area (Å²) in [4.78, 5) is 0. The molecule has 0 aromatic heterocycles. The molecule has 4 saturated carbocycles. The van der Waals surface area contributed by atoms with Crippen LogP contribution in [0.3, 0.4) is 0 Å². The highest BCUT2D eigenvalue weighted by Crippen LogP contribution is 2.90. The van der Waals surface area contributed by atoms with Crippen LogP contribution in [0.1, 0.15) is 0 Å². The molecule has 4 aliphatic rings. The van der Waals surface area contributed by atoms with Gasteiger partial charge >= 0.3 is 47.1 Å². The van der Waals surface area contributed by atoms with Gasteiger partial charge in [-0.05, 0) is 0 Å². The molecule has 0 unspecified atom stereocenters. The van der Waals surface area contributed by atoms with Crippen LogP contribution in [-0.2, 0) is 0 Å². The average molecular weight is 474 g/mol. The van der Waals surface area contributed by atoms with Gasteiger partial charge in [0.15, 0.2) is 0 Å². The first kappa shape index (κ1) is 22.4. The van der Waals surface area contributed by atoms with E-state index < -0.39 is 64.1 Å². The van der Waals surface area contributed by atoms with E-state index >= 15 is 0 Å². The summed E-state index contributed by atoms with van der Waals surface area (Å²) in [7, 11) is 0. The summed E-state index contributed by atoms with van der Waals surface area (Å²) < 4.78 is 249. The van der Waals surface area contributed by atoms with Crippen LogP contribution in [-0.4, -0.2) is 64.1 Å². The molecule has 0 atom stereocenters. The molecule has 0 aliphatic heterocycles. The Morgan fingerprint density at radius 3 is 0.655 bits per heavy atom. The Morgan fingerprint density at radius 2 is 0.483 bits per heavy atom. The Morgan fingerprint density at radius 1 is 0.310 bits per heavy atom. The van der Waals surface area contributed by atoms with Crippen LogP contribution in [0.4, 0.5) is 79.0 Å². The van der Waals surface area contributed by atoms with Gasteiger partial charge in [-0.3, -0.25) is 0 Å².